The van der Waals surface area contributed by atoms with Gasteiger partial charge in [0.25, 0.3) is 5.91 Å². The molecule has 1 aromatic heterocycles. The van der Waals surface area contributed by atoms with E-state index in [1.54, 1.807) is 6.20 Å². The average Bonchev–Trinajstić information content (AvgIpc) is 2.74. The van der Waals surface area contributed by atoms with E-state index in [-0.39, 0.29) is 5.91 Å². The Morgan fingerprint density at radius 3 is 2.60 bits per heavy atom. The second kappa shape index (κ2) is 7.27. The Balaban J connectivity index is 2.04. The van der Waals surface area contributed by atoms with Gasteiger partial charge in [-0.15, -0.1) is 0 Å². The molecule has 0 aromatic carbocycles. The number of rotatable bonds is 4. The van der Waals surface area contributed by atoms with Gasteiger partial charge in [0.05, 0.1) is 17.4 Å². The zero-order chi connectivity index (χ0) is 14.4. The lowest BCUT2D eigenvalue weighted by Crippen LogP contribution is -2.28. The van der Waals surface area contributed by atoms with Gasteiger partial charge in [0, 0.05) is 25.8 Å². The first-order valence-electron chi connectivity index (χ1n) is 7.65. The quantitative estimate of drug-likeness (QED) is 0.919. The van der Waals surface area contributed by atoms with E-state index in [4.69, 9.17) is 0 Å². The zero-order valence-electron chi connectivity index (χ0n) is 12.6. The summed E-state index contributed by atoms with van der Waals surface area (Å²) in [7, 11) is 0. The predicted molar refractivity (Wildman–Crippen MR) is 82.1 cm³/mol. The lowest BCUT2D eigenvalue weighted by molar-refractivity contribution is 0.0948. The van der Waals surface area contributed by atoms with Crippen molar-refractivity contribution in [3.8, 4) is 0 Å². The van der Waals surface area contributed by atoms with Crippen molar-refractivity contribution < 1.29 is 4.79 Å². The average molecular weight is 275 g/mol. The molecule has 0 atom stereocenters. The fourth-order valence-electron chi connectivity index (χ4n) is 2.45. The van der Waals surface area contributed by atoms with E-state index in [0.29, 0.717) is 18.0 Å². The lowest BCUT2D eigenvalue weighted by Gasteiger charge is -2.22. The van der Waals surface area contributed by atoms with Gasteiger partial charge >= 0.3 is 0 Å². The van der Waals surface area contributed by atoms with Crippen LogP contribution < -0.4 is 10.2 Å². The van der Waals surface area contributed by atoms with Gasteiger partial charge in [0.1, 0.15) is 0 Å². The molecular weight excluding hydrogens is 250 g/mol. The van der Waals surface area contributed by atoms with Crippen molar-refractivity contribution in [1.82, 2.24) is 10.3 Å². The molecular formula is C16H25N3O. The van der Waals surface area contributed by atoms with Gasteiger partial charge in [-0.2, -0.15) is 0 Å². The minimum atomic E-state index is -0.0251. The van der Waals surface area contributed by atoms with Crippen LogP contribution in [0, 0.1) is 5.92 Å². The standard InChI is InChI=1S/C16H25N3O/c1-13(2)10-18-16(20)14-9-15(12-17-11-14)19-7-5-3-4-6-8-19/h9,11-13H,3-8,10H2,1-2H3,(H,18,20). The highest BCUT2D eigenvalue weighted by Crippen LogP contribution is 2.19. The summed E-state index contributed by atoms with van der Waals surface area (Å²) in [5.74, 6) is 0.434. The van der Waals surface area contributed by atoms with E-state index < -0.39 is 0 Å². The van der Waals surface area contributed by atoms with Crippen LogP contribution in [0.4, 0.5) is 5.69 Å². The van der Waals surface area contributed by atoms with Crippen molar-refractivity contribution in [1.29, 1.82) is 0 Å². The highest BCUT2D eigenvalue weighted by molar-refractivity contribution is 5.94. The number of nitrogens with one attached hydrogen (secondary N) is 1. The summed E-state index contributed by atoms with van der Waals surface area (Å²) in [4.78, 5) is 18.7. The summed E-state index contributed by atoms with van der Waals surface area (Å²) < 4.78 is 0. The summed E-state index contributed by atoms with van der Waals surface area (Å²) >= 11 is 0. The highest BCUT2D eigenvalue weighted by Gasteiger charge is 2.13. The van der Waals surface area contributed by atoms with Crippen molar-refractivity contribution in [3.63, 3.8) is 0 Å². The van der Waals surface area contributed by atoms with Crippen molar-refractivity contribution in [2.75, 3.05) is 24.5 Å². The molecule has 110 valence electrons. The minimum absolute atomic E-state index is 0.0251. The van der Waals surface area contributed by atoms with Crippen molar-refractivity contribution >= 4 is 11.6 Å². The Bertz CT molecular complexity index is 437. The van der Waals surface area contributed by atoms with E-state index in [1.165, 1.54) is 25.7 Å². The molecule has 2 rings (SSSR count). The van der Waals surface area contributed by atoms with Crippen molar-refractivity contribution in [3.05, 3.63) is 24.0 Å². The molecule has 1 amide bonds. The third-order valence-corrected chi connectivity index (χ3v) is 3.63. The fraction of sp³-hybridized carbons (Fsp3) is 0.625. The van der Waals surface area contributed by atoms with E-state index in [9.17, 15) is 4.79 Å². The van der Waals surface area contributed by atoms with Crippen LogP contribution in [0.1, 0.15) is 49.9 Å². The highest BCUT2D eigenvalue weighted by atomic mass is 16.1. The Kier molecular flexibility index (Phi) is 5.39. The van der Waals surface area contributed by atoms with Crippen LogP contribution in [0.25, 0.3) is 0 Å². The maximum absolute atomic E-state index is 12.1. The lowest BCUT2D eigenvalue weighted by atomic mass is 10.2. The zero-order valence-corrected chi connectivity index (χ0v) is 12.6. The van der Waals surface area contributed by atoms with Gasteiger partial charge in [-0.25, -0.2) is 0 Å². The van der Waals surface area contributed by atoms with Gasteiger partial charge in [-0.3, -0.25) is 9.78 Å². The summed E-state index contributed by atoms with van der Waals surface area (Å²) in [6.45, 7) is 7.02. The SMILES string of the molecule is CC(C)CNC(=O)c1cncc(N2CCCCCC2)c1. The van der Waals surface area contributed by atoms with Gasteiger partial charge in [-0.05, 0) is 24.8 Å². The first-order valence-corrected chi connectivity index (χ1v) is 7.65. The molecule has 0 bridgehead atoms. The molecule has 20 heavy (non-hydrogen) atoms. The predicted octanol–water partition coefficient (Wildman–Crippen LogP) is 2.85. The van der Waals surface area contributed by atoms with Crippen LogP contribution in [0.5, 0.6) is 0 Å². The smallest absolute Gasteiger partial charge is 0.252 e. The second-order valence-corrected chi connectivity index (χ2v) is 5.94. The number of carbonyl (C=O) groups excluding carboxylic acids is 1. The fourth-order valence-corrected chi connectivity index (χ4v) is 2.45. The molecule has 2 heterocycles. The Morgan fingerprint density at radius 2 is 1.95 bits per heavy atom. The summed E-state index contributed by atoms with van der Waals surface area (Å²) in [6, 6.07) is 1.97. The molecule has 4 nitrogen and oxygen atoms in total. The molecule has 1 N–H and O–H groups in total. The van der Waals surface area contributed by atoms with Crippen molar-refractivity contribution in [2.45, 2.75) is 39.5 Å². The molecule has 1 aliphatic heterocycles. The Hall–Kier alpha value is -1.58. The topological polar surface area (TPSA) is 45.2 Å². The normalized spacial score (nSPS) is 16.1. The van der Waals surface area contributed by atoms with E-state index >= 15 is 0 Å². The van der Waals surface area contributed by atoms with Gasteiger partial charge in [0.2, 0.25) is 0 Å². The number of nitrogens with zero attached hydrogens (tertiary/aromatic N) is 2. The first-order chi connectivity index (χ1) is 9.66. The van der Waals surface area contributed by atoms with E-state index in [1.807, 2.05) is 12.3 Å². The second-order valence-electron chi connectivity index (χ2n) is 5.94. The van der Waals surface area contributed by atoms with Crippen LogP contribution in [-0.2, 0) is 0 Å². The molecule has 1 fully saturated rings. The van der Waals surface area contributed by atoms with Crippen LogP contribution in [0.15, 0.2) is 18.5 Å². The monoisotopic (exact) mass is 275 g/mol. The molecule has 1 aliphatic rings. The van der Waals surface area contributed by atoms with Gasteiger partial charge < -0.3 is 10.2 Å². The molecule has 0 unspecified atom stereocenters. The molecule has 1 aromatic rings. The van der Waals surface area contributed by atoms with Crippen LogP contribution in [0.3, 0.4) is 0 Å². The number of hydrogen-bond acceptors (Lipinski definition) is 3. The van der Waals surface area contributed by atoms with Crippen LogP contribution in [0.2, 0.25) is 0 Å². The van der Waals surface area contributed by atoms with Crippen molar-refractivity contribution in [2.24, 2.45) is 5.92 Å². The number of carbonyl (C=O) groups is 1. The largest absolute Gasteiger partial charge is 0.370 e. The molecule has 1 saturated heterocycles. The van der Waals surface area contributed by atoms with E-state index in [2.05, 4.69) is 29.0 Å². The minimum Gasteiger partial charge on any atom is -0.370 e. The number of pyridine rings is 1. The maximum atomic E-state index is 12.1. The Labute approximate surface area is 121 Å². The summed E-state index contributed by atoms with van der Waals surface area (Å²) in [6.07, 6.45) is 8.58. The van der Waals surface area contributed by atoms with E-state index in [0.717, 1.165) is 18.8 Å². The number of amides is 1. The molecule has 0 aliphatic carbocycles. The molecule has 0 radical (unpaired) electrons. The van der Waals surface area contributed by atoms with Crippen LogP contribution in [-0.4, -0.2) is 30.5 Å². The van der Waals surface area contributed by atoms with Crippen LogP contribution >= 0.6 is 0 Å². The summed E-state index contributed by atoms with van der Waals surface area (Å²) in [5.41, 5.74) is 1.73. The molecule has 0 spiro atoms. The number of anilines is 1. The van der Waals surface area contributed by atoms with Gasteiger partial charge in [0.15, 0.2) is 0 Å². The summed E-state index contributed by atoms with van der Waals surface area (Å²) in [5, 5.41) is 2.94. The maximum Gasteiger partial charge on any atom is 0.252 e. The molecule has 4 heteroatoms. The van der Waals surface area contributed by atoms with Gasteiger partial charge in [-0.1, -0.05) is 26.7 Å². The number of hydrogen-bond donors (Lipinski definition) is 1. The third kappa shape index (κ3) is 4.22. The third-order valence-electron chi connectivity index (χ3n) is 3.63. The Morgan fingerprint density at radius 1 is 1.25 bits per heavy atom. The first kappa shape index (κ1) is 14.8. The molecule has 0 saturated carbocycles. The number of aromatic nitrogens is 1.